The molecule has 0 bridgehead atoms. The number of aromatic nitrogens is 1. The van der Waals surface area contributed by atoms with Gasteiger partial charge in [-0.15, -0.1) is 11.3 Å². The van der Waals surface area contributed by atoms with E-state index in [1.165, 1.54) is 10.3 Å². The van der Waals surface area contributed by atoms with Crippen LogP contribution >= 0.6 is 11.3 Å². The number of hydrogen-bond donors (Lipinski definition) is 1. The molecule has 1 N–H and O–H groups in total. The van der Waals surface area contributed by atoms with Crippen LogP contribution in [0.5, 0.6) is 0 Å². The largest absolute Gasteiger partial charge is 0.382 e. The van der Waals surface area contributed by atoms with Crippen molar-refractivity contribution in [1.82, 2.24) is 10.3 Å². The van der Waals surface area contributed by atoms with Gasteiger partial charge in [0.15, 0.2) is 0 Å². The summed E-state index contributed by atoms with van der Waals surface area (Å²) in [6.45, 7) is 6.81. The van der Waals surface area contributed by atoms with Gasteiger partial charge in [0.2, 0.25) is 0 Å². The highest BCUT2D eigenvalue weighted by molar-refractivity contribution is 7.17. The Hall–Kier alpha value is -0.970. The molecule has 2 heterocycles. The van der Waals surface area contributed by atoms with Crippen LogP contribution in [0.25, 0.3) is 10.2 Å². The Labute approximate surface area is 112 Å². The van der Waals surface area contributed by atoms with Gasteiger partial charge in [-0.1, -0.05) is 0 Å². The van der Waals surface area contributed by atoms with E-state index in [2.05, 4.69) is 34.7 Å². The molecule has 0 aromatic carbocycles. The standard InChI is InChI=1S/C14H20N2OS/c1-3-17-7-4-6-15-11(2)12-9-14-13(16-10-12)5-8-18-14/h5,8-11,15H,3-4,6-7H2,1-2H3. The van der Waals surface area contributed by atoms with Crippen molar-refractivity contribution < 1.29 is 4.74 Å². The highest BCUT2D eigenvalue weighted by Gasteiger charge is 2.06. The summed E-state index contributed by atoms with van der Waals surface area (Å²) in [4.78, 5) is 4.47. The summed E-state index contributed by atoms with van der Waals surface area (Å²) in [5.41, 5.74) is 2.34. The third kappa shape index (κ3) is 3.51. The average Bonchev–Trinajstić information content (AvgIpc) is 2.85. The number of nitrogens with zero attached hydrogens (tertiary/aromatic N) is 1. The summed E-state index contributed by atoms with van der Waals surface area (Å²) < 4.78 is 6.58. The Morgan fingerprint density at radius 2 is 2.39 bits per heavy atom. The lowest BCUT2D eigenvalue weighted by molar-refractivity contribution is 0.144. The van der Waals surface area contributed by atoms with Crippen molar-refractivity contribution >= 4 is 21.6 Å². The monoisotopic (exact) mass is 264 g/mol. The maximum Gasteiger partial charge on any atom is 0.0809 e. The molecule has 0 saturated carbocycles. The molecular weight excluding hydrogens is 244 g/mol. The molecule has 0 fully saturated rings. The lowest BCUT2D eigenvalue weighted by Crippen LogP contribution is -2.21. The number of ether oxygens (including phenoxy) is 1. The van der Waals surface area contributed by atoms with Gasteiger partial charge in [-0.3, -0.25) is 4.98 Å². The topological polar surface area (TPSA) is 34.1 Å². The number of fused-ring (bicyclic) bond motifs is 1. The molecule has 0 aliphatic carbocycles. The fourth-order valence-electron chi connectivity index (χ4n) is 1.85. The minimum absolute atomic E-state index is 0.339. The van der Waals surface area contributed by atoms with Gasteiger partial charge >= 0.3 is 0 Å². The average molecular weight is 264 g/mol. The molecule has 0 saturated heterocycles. The summed E-state index contributed by atoms with van der Waals surface area (Å²) in [5.74, 6) is 0. The van der Waals surface area contributed by atoms with E-state index in [1.807, 2.05) is 13.1 Å². The summed E-state index contributed by atoms with van der Waals surface area (Å²) in [7, 11) is 0. The number of hydrogen-bond acceptors (Lipinski definition) is 4. The van der Waals surface area contributed by atoms with Crippen LogP contribution in [-0.4, -0.2) is 24.7 Å². The first-order chi connectivity index (χ1) is 8.81. The van der Waals surface area contributed by atoms with Gasteiger partial charge < -0.3 is 10.1 Å². The number of thiophene rings is 1. The molecule has 18 heavy (non-hydrogen) atoms. The molecule has 0 amide bonds. The van der Waals surface area contributed by atoms with Crippen molar-refractivity contribution in [3.8, 4) is 0 Å². The van der Waals surface area contributed by atoms with E-state index in [4.69, 9.17) is 4.74 Å². The first-order valence-electron chi connectivity index (χ1n) is 6.45. The van der Waals surface area contributed by atoms with Crippen molar-refractivity contribution in [2.24, 2.45) is 0 Å². The highest BCUT2D eigenvalue weighted by atomic mass is 32.1. The van der Waals surface area contributed by atoms with Gasteiger partial charge in [0.05, 0.1) is 10.2 Å². The summed E-state index contributed by atoms with van der Waals surface area (Å²) >= 11 is 1.74. The molecule has 0 radical (unpaired) electrons. The quantitative estimate of drug-likeness (QED) is 0.779. The van der Waals surface area contributed by atoms with Gasteiger partial charge in [-0.2, -0.15) is 0 Å². The zero-order valence-electron chi connectivity index (χ0n) is 11.0. The van der Waals surface area contributed by atoms with E-state index in [1.54, 1.807) is 11.3 Å². The molecule has 3 nitrogen and oxygen atoms in total. The fourth-order valence-corrected chi connectivity index (χ4v) is 2.64. The maximum atomic E-state index is 5.32. The van der Waals surface area contributed by atoms with Gasteiger partial charge in [0, 0.05) is 25.5 Å². The number of pyridine rings is 1. The van der Waals surface area contributed by atoms with Gasteiger partial charge in [-0.05, 0) is 49.9 Å². The lowest BCUT2D eigenvalue weighted by atomic mass is 10.1. The van der Waals surface area contributed by atoms with Gasteiger partial charge in [0.1, 0.15) is 0 Å². The molecule has 0 aliphatic rings. The van der Waals surface area contributed by atoms with Crippen molar-refractivity contribution in [2.45, 2.75) is 26.3 Å². The molecule has 0 aliphatic heterocycles. The zero-order chi connectivity index (χ0) is 12.8. The van der Waals surface area contributed by atoms with Crippen LogP contribution < -0.4 is 5.32 Å². The van der Waals surface area contributed by atoms with Crippen molar-refractivity contribution in [1.29, 1.82) is 0 Å². The zero-order valence-corrected chi connectivity index (χ0v) is 11.8. The Morgan fingerprint density at radius 3 is 3.22 bits per heavy atom. The summed E-state index contributed by atoms with van der Waals surface area (Å²) in [6, 6.07) is 4.63. The number of nitrogens with one attached hydrogen (secondary N) is 1. The molecule has 1 unspecified atom stereocenters. The minimum atomic E-state index is 0.339. The second-order valence-electron chi connectivity index (χ2n) is 4.30. The van der Waals surface area contributed by atoms with Gasteiger partial charge in [-0.25, -0.2) is 0 Å². The predicted octanol–water partition coefficient (Wildman–Crippen LogP) is 3.37. The van der Waals surface area contributed by atoms with Crippen LogP contribution in [0.1, 0.15) is 31.9 Å². The minimum Gasteiger partial charge on any atom is -0.382 e. The van der Waals surface area contributed by atoms with E-state index < -0.39 is 0 Å². The summed E-state index contributed by atoms with van der Waals surface area (Å²) in [5, 5.41) is 5.58. The molecular formula is C14H20N2OS. The van der Waals surface area contributed by atoms with E-state index in [9.17, 15) is 0 Å². The normalized spacial score (nSPS) is 13.0. The molecule has 4 heteroatoms. The number of rotatable bonds is 7. The maximum absolute atomic E-state index is 5.32. The van der Waals surface area contributed by atoms with Crippen LogP contribution in [0, 0.1) is 0 Å². The second kappa shape index (κ2) is 6.83. The van der Waals surface area contributed by atoms with Gasteiger partial charge in [0.25, 0.3) is 0 Å². The van der Waals surface area contributed by atoms with Crippen LogP contribution in [0.3, 0.4) is 0 Å². The van der Waals surface area contributed by atoms with E-state index in [0.29, 0.717) is 6.04 Å². The molecule has 0 spiro atoms. The predicted molar refractivity (Wildman–Crippen MR) is 77.1 cm³/mol. The van der Waals surface area contributed by atoms with E-state index in [0.717, 1.165) is 31.7 Å². The van der Waals surface area contributed by atoms with E-state index in [-0.39, 0.29) is 0 Å². The van der Waals surface area contributed by atoms with Crippen molar-refractivity contribution in [3.63, 3.8) is 0 Å². The molecule has 1 atom stereocenters. The van der Waals surface area contributed by atoms with Crippen LogP contribution in [0.4, 0.5) is 0 Å². The molecule has 2 aromatic heterocycles. The SMILES string of the molecule is CCOCCCNC(C)c1cnc2ccsc2c1. The Morgan fingerprint density at radius 1 is 1.50 bits per heavy atom. The Bertz CT molecular complexity index is 483. The van der Waals surface area contributed by atoms with Crippen LogP contribution in [0.15, 0.2) is 23.7 Å². The van der Waals surface area contributed by atoms with E-state index >= 15 is 0 Å². The molecule has 98 valence electrons. The van der Waals surface area contributed by atoms with Crippen molar-refractivity contribution in [2.75, 3.05) is 19.8 Å². The van der Waals surface area contributed by atoms with Crippen molar-refractivity contribution in [3.05, 3.63) is 29.3 Å². The Kier molecular flexibility index (Phi) is 5.11. The van der Waals surface area contributed by atoms with Crippen LogP contribution in [-0.2, 0) is 4.74 Å². The third-order valence-corrected chi connectivity index (χ3v) is 3.80. The molecule has 2 aromatic rings. The lowest BCUT2D eigenvalue weighted by Gasteiger charge is -2.13. The Balaban J connectivity index is 1.85. The third-order valence-electron chi connectivity index (χ3n) is 2.94. The second-order valence-corrected chi connectivity index (χ2v) is 5.25. The first kappa shape index (κ1) is 13.5. The van der Waals surface area contributed by atoms with Crippen LogP contribution in [0.2, 0.25) is 0 Å². The molecule has 2 rings (SSSR count). The highest BCUT2D eigenvalue weighted by Crippen LogP contribution is 2.22. The fraction of sp³-hybridized carbons (Fsp3) is 0.500. The first-order valence-corrected chi connectivity index (χ1v) is 7.33. The smallest absolute Gasteiger partial charge is 0.0809 e. The summed E-state index contributed by atoms with van der Waals surface area (Å²) in [6.07, 6.45) is 3.02.